The summed E-state index contributed by atoms with van der Waals surface area (Å²) in [6.07, 6.45) is -0.291. The molecule has 86 valence electrons. The van der Waals surface area contributed by atoms with Crippen LogP contribution in [0.5, 0.6) is 0 Å². The molecule has 0 saturated carbocycles. The average Bonchev–Trinajstić information content (AvgIpc) is 2.21. The maximum atomic E-state index is 11.4. The van der Waals surface area contributed by atoms with E-state index in [1.54, 1.807) is 24.3 Å². The molecule has 1 atom stereocenters. The molecule has 0 aliphatic rings. The molecule has 0 aliphatic heterocycles. The molecule has 0 aliphatic carbocycles. The number of hydrogen-bond acceptors (Lipinski definition) is 3. The van der Waals surface area contributed by atoms with Crippen molar-refractivity contribution in [2.45, 2.75) is 12.5 Å². The molecule has 6 heteroatoms. The summed E-state index contributed by atoms with van der Waals surface area (Å²) in [6.45, 7) is 0. The van der Waals surface area contributed by atoms with Crippen LogP contribution in [0.15, 0.2) is 24.3 Å². The van der Waals surface area contributed by atoms with Crippen LogP contribution in [-0.4, -0.2) is 23.0 Å². The quantitative estimate of drug-likeness (QED) is 0.737. The van der Waals surface area contributed by atoms with Crippen molar-refractivity contribution < 1.29 is 14.7 Å². The predicted octanol–water partition coefficient (Wildman–Crippen LogP) is 1.08. The number of benzene rings is 1. The fourth-order valence-corrected chi connectivity index (χ4v) is 1.23. The summed E-state index contributed by atoms with van der Waals surface area (Å²) in [6, 6.07) is 5.46. The Labute approximate surface area is 97.2 Å². The third-order valence-electron chi connectivity index (χ3n) is 1.87. The van der Waals surface area contributed by atoms with Crippen LogP contribution in [-0.2, 0) is 9.59 Å². The Morgan fingerprint density at radius 2 is 2.06 bits per heavy atom. The fraction of sp³-hybridized carbons (Fsp3) is 0.200. The molecule has 1 aromatic rings. The lowest BCUT2D eigenvalue weighted by atomic mass is 10.2. The van der Waals surface area contributed by atoms with Crippen molar-refractivity contribution in [3.63, 3.8) is 0 Å². The van der Waals surface area contributed by atoms with Gasteiger partial charge in [-0.05, 0) is 12.1 Å². The SMILES string of the molecule is NC(CC(=O)Nc1ccccc1Cl)C(=O)O. The van der Waals surface area contributed by atoms with E-state index >= 15 is 0 Å². The molecule has 1 amide bonds. The summed E-state index contributed by atoms with van der Waals surface area (Å²) < 4.78 is 0. The Morgan fingerprint density at radius 1 is 1.44 bits per heavy atom. The molecule has 0 saturated heterocycles. The zero-order valence-corrected chi connectivity index (χ0v) is 9.07. The standard InChI is InChI=1S/C10H11ClN2O3/c11-6-3-1-2-4-8(6)13-9(14)5-7(12)10(15)16/h1-4,7H,5,12H2,(H,13,14)(H,15,16). The minimum atomic E-state index is -1.21. The Hall–Kier alpha value is -1.59. The smallest absolute Gasteiger partial charge is 0.321 e. The van der Waals surface area contributed by atoms with Gasteiger partial charge in [-0.25, -0.2) is 0 Å². The number of carbonyl (C=O) groups excluding carboxylic acids is 1. The molecule has 16 heavy (non-hydrogen) atoms. The summed E-state index contributed by atoms with van der Waals surface area (Å²) in [5, 5.41) is 11.4. The summed E-state index contributed by atoms with van der Waals surface area (Å²) >= 11 is 5.81. The molecular weight excluding hydrogens is 232 g/mol. The maximum absolute atomic E-state index is 11.4. The van der Waals surface area contributed by atoms with Crippen molar-refractivity contribution >= 4 is 29.2 Å². The van der Waals surface area contributed by atoms with E-state index in [4.69, 9.17) is 22.4 Å². The fourth-order valence-electron chi connectivity index (χ4n) is 1.05. The average molecular weight is 243 g/mol. The van der Waals surface area contributed by atoms with E-state index in [0.29, 0.717) is 10.7 Å². The highest BCUT2D eigenvalue weighted by molar-refractivity contribution is 6.33. The van der Waals surface area contributed by atoms with Crippen LogP contribution in [0, 0.1) is 0 Å². The third kappa shape index (κ3) is 3.52. The van der Waals surface area contributed by atoms with Gasteiger partial charge in [0.1, 0.15) is 6.04 Å². The number of anilines is 1. The normalized spacial score (nSPS) is 11.9. The minimum Gasteiger partial charge on any atom is -0.480 e. The van der Waals surface area contributed by atoms with Gasteiger partial charge in [0.2, 0.25) is 5.91 Å². The first kappa shape index (κ1) is 12.5. The zero-order valence-electron chi connectivity index (χ0n) is 8.31. The van der Waals surface area contributed by atoms with Crippen LogP contribution in [0.3, 0.4) is 0 Å². The molecule has 1 rings (SSSR count). The number of carboxylic acid groups (broad SMARTS) is 1. The molecule has 0 bridgehead atoms. The van der Waals surface area contributed by atoms with E-state index in [1.165, 1.54) is 0 Å². The number of rotatable bonds is 4. The van der Waals surface area contributed by atoms with Gasteiger partial charge in [0, 0.05) is 0 Å². The van der Waals surface area contributed by atoms with Gasteiger partial charge < -0.3 is 16.2 Å². The van der Waals surface area contributed by atoms with E-state index in [2.05, 4.69) is 5.32 Å². The van der Waals surface area contributed by atoms with Crippen molar-refractivity contribution in [2.24, 2.45) is 5.73 Å². The van der Waals surface area contributed by atoms with Crippen molar-refractivity contribution in [1.82, 2.24) is 0 Å². The van der Waals surface area contributed by atoms with Gasteiger partial charge >= 0.3 is 5.97 Å². The number of carbonyl (C=O) groups is 2. The molecule has 0 aromatic heterocycles. The van der Waals surface area contributed by atoms with E-state index < -0.39 is 17.9 Å². The second-order valence-electron chi connectivity index (χ2n) is 3.18. The number of halogens is 1. The van der Waals surface area contributed by atoms with Gasteiger partial charge in [-0.2, -0.15) is 0 Å². The Balaban J connectivity index is 2.59. The molecule has 0 fully saturated rings. The lowest BCUT2D eigenvalue weighted by Gasteiger charge is -2.08. The Kier molecular flexibility index (Phi) is 4.28. The van der Waals surface area contributed by atoms with Crippen LogP contribution in [0.4, 0.5) is 5.69 Å². The lowest BCUT2D eigenvalue weighted by molar-refractivity contribution is -0.140. The number of nitrogens with two attached hydrogens (primary N) is 1. The van der Waals surface area contributed by atoms with Crippen molar-refractivity contribution in [2.75, 3.05) is 5.32 Å². The van der Waals surface area contributed by atoms with Gasteiger partial charge in [0.25, 0.3) is 0 Å². The minimum absolute atomic E-state index is 0.291. The zero-order chi connectivity index (χ0) is 12.1. The maximum Gasteiger partial charge on any atom is 0.321 e. The number of amides is 1. The molecule has 0 heterocycles. The molecule has 1 unspecified atom stereocenters. The molecule has 4 N–H and O–H groups in total. The first-order valence-corrected chi connectivity index (χ1v) is 4.91. The predicted molar refractivity (Wildman–Crippen MR) is 60.3 cm³/mol. The third-order valence-corrected chi connectivity index (χ3v) is 2.20. The van der Waals surface area contributed by atoms with E-state index in [9.17, 15) is 9.59 Å². The molecule has 0 spiro atoms. The number of hydrogen-bond donors (Lipinski definition) is 3. The van der Waals surface area contributed by atoms with E-state index in [0.717, 1.165) is 0 Å². The van der Waals surface area contributed by atoms with Gasteiger partial charge in [0.05, 0.1) is 17.1 Å². The van der Waals surface area contributed by atoms with E-state index in [-0.39, 0.29) is 6.42 Å². The molecular formula is C10H11ClN2O3. The summed E-state index contributed by atoms with van der Waals surface area (Å²) in [7, 11) is 0. The first-order valence-electron chi connectivity index (χ1n) is 4.53. The topological polar surface area (TPSA) is 92.4 Å². The first-order chi connectivity index (χ1) is 7.50. The summed E-state index contributed by atoms with van der Waals surface area (Å²) in [5.41, 5.74) is 5.65. The van der Waals surface area contributed by atoms with Crippen molar-refractivity contribution in [1.29, 1.82) is 0 Å². The summed E-state index contributed by atoms with van der Waals surface area (Å²) in [4.78, 5) is 21.8. The largest absolute Gasteiger partial charge is 0.480 e. The lowest BCUT2D eigenvalue weighted by Crippen LogP contribution is -2.34. The van der Waals surface area contributed by atoms with Crippen LogP contribution in [0.1, 0.15) is 6.42 Å². The second kappa shape index (κ2) is 5.48. The summed E-state index contributed by atoms with van der Waals surface area (Å²) in [5.74, 6) is -1.70. The second-order valence-corrected chi connectivity index (χ2v) is 3.58. The van der Waals surface area contributed by atoms with Crippen LogP contribution in [0.2, 0.25) is 5.02 Å². The molecule has 5 nitrogen and oxygen atoms in total. The highest BCUT2D eigenvalue weighted by Crippen LogP contribution is 2.20. The van der Waals surface area contributed by atoms with Gasteiger partial charge in [0.15, 0.2) is 0 Å². The number of aliphatic carboxylic acids is 1. The number of para-hydroxylation sites is 1. The number of carboxylic acids is 1. The van der Waals surface area contributed by atoms with Crippen LogP contribution < -0.4 is 11.1 Å². The van der Waals surface area contributed by atoms with Crippen LogP contribution >= 0.6 is 11.6 Å². The molecule has 1 aromatic carbocycles. The highest BCUT2D eigenvalue weighted by Gasteiger charge is 2.16. The van der Waals surface area contributed by atoms with E-state index in [1.807, 2.05) is 0 Å². The van der Waals surface area contributed by atoms with Gasteiger partial charge in [-0.1, -0.05) is 23.7 Å². The Morgan fingerprint density at radius 3 is 2.62 bits per heavy atom. The highest BCUT2D eigenvalue weighted by atomic mass is 35.5. The monoisotopic (exact) mass is 242 g/mol. The Bertz CT molecular complexity index is 409. The van der Waals surface area contributed by atoms with Crippen molar-refractivity contribution in [3.8, 4) is 0 Å². The molecule has 0 radical (unpaired) electrons. The number of nitrogens with one attached hydrogen (secondary N) is 1. The van der Waals surface area contributed by atoms with Crippen molar-refractivity contribution in [3.05, 3.63) is 29.3 Å². The van der Waals surface area contributed by atoms with Crippen LogP contribution in [0.25, 0.3) is 0 Å². The van der Waals surface area contributed by atoms with Gasteiger partial charge in [-0.15, -0.1) is 0 Å². The van der Waals surface area contributed by atoms with Gasteiger partial charge in [-0.3, -0.25) is 9.59 Å².